The number of benzene rings is 1. The number of hydrogen-bond donors (Lipinski definition) is 4. The van der Waals surface area contributed by atoms with Crippen molar-refractivity contribution in [2.45, 2.75) is 25.6 Å². The summed E-state index contributed by atoms with van der Waals surface area (Å²) in [5.41, 5.74) is 1.60. The van der Waals surface area contributed by atoms with Crippen molar-refractivity contribution in [2.24, 2.45) is 0 Å². The van der Waals surface area contributed by atoms with Crippen LogP contribution in [0.15, 0.2) is 24.3 Å². The Kier molecular flexibility index (Phi) is 5.61. The number of aliphatic hydroxyl groups excluding tert-OH is 2. The van der Waals surface area contributed by atoms with Crippen LogP contribution in [-0.2, 0) is 4.79 Å². The lowest BCUT2D eigenvalue weighted by molar-refractivity contribution is -0.119. The average molecular weight is 252 g/mol. The highest BCUT2D eigenvalue weighted by atomic mass is 16.3. The normalized spacial score (nSPS) is 13.8. The lowest BCUT2D eigenvalue weighted by Crippen LogP contribution is -2.27. The van der Waals surface area contributed by atoms with Gasteiger partial charge >= 0.3 is 0 Å². The van der Waals surface area contributed by atoms with Crippen LogP contribution in [0, 0.1) is 0 Å². The van der Waals surface area contributed by atoms with Crippen LogP contribution in [0.3, 0.4) is 0 Å². The molecule has 0 radical (unpaired) electrons. The van der Waals surface area contributed by atoms with Gasteiger partial charge in [0.15, 0.2) is 0 Å². The Hall–Kier alpha value is -1.59. The summed E-state index contributed by atoms with van der Waals surface area (Å²) >= 11 is 0. The molecule has 0 saturated heterocycles. The number of carbonyl (C=O) groups excluding carboxylic acids is 1. The minimum Gasteiger partial charge on any atom is -0.390 e. The third kappa shape index (κ3) is 4.35. The van der Waals surface area contributed by atoms with E-state index in [1.807, 2.05) is 19.2 Å². The van der Waals surface area contributed by atoms with E-state index in [0.29, 0.717) is 18.5 Å². The molecule has 1 amide bonds. The minimum atomic E-state index is -0.940. The maximum atomic E-state index is 10.7. The molecule has 100 valence electrons. The Morgan fingerprint density at radius 3 is 2.39 bits per heavy atom. The number of amides is 1. The van der Waals surface area contributed by atoms with Crippen LogP contribution in [0.2, 0.25) is 0 Å². The fraction of sp³-hybridized carbons (Fsp3) is 0.462. The first kappa shape index (κ1) is 14.5. The molecular weight excluding hydrogens is 232 g/mol. The smallest absolute Gasteiger partial charge is 0.216 e. The molecule has 1 rings (SSSR count). The highest BCUT2D eigenvalue weighted by molar-refractivity contribution is 5.72. The van der Waals surface area contributed by atoms with Crippen molar-refractivity contribution in [1.82, 2.24) is 5.32 Å². The molecule has 0 spiro atoms. The van der Waals surface area contributed by atoms with Gasteiger partial charge in [-0.25, -0.2) is 0 Å². The summed E-state index contributed by atoms with van der Waals surface area (Å²) in [6.45, 7) is 1.77. The van der Waals surface area contributed by atoms with Crippen LogP contribution in [0.4, 0.5) is 5.69 Å². The highest BCUT2D eigenvalue weighted by Gasteiger charge is 2.17. The van der Waals surface area contributed by atoms with Crippen molar-refractivity contribution < 1.29 is 15.0 Å². The van der Waals surface area contributed by atoms with Crippen molar-refractivity contribution in [3.63, 3.8) is 0 Å². The fourth-order valence-corrected chi connectivity index (χ4v) is 1.62. The molecule has 4 N–H and O–H groups in total. The summed E-state index contributed by atoms with van der Waals surface area (Å²) in [7, 11) is 1.81. The van der Waals surface area contributed by atoms with Gasteiger partial charge in [0.1, 0.15) is 6.10 Å². The lowest BCUT2D eigenvalue weighted by atomic mass is 10.0. The first-order valence-corrected chi connectivity index (χ1v) is 5.93. The molecule has 2 atom stereocenters. The summed E-state index contributed by atoms with van der Waals surface area (Å²) in [5, 5.41) is 25.3. The average Bonchev–Trinajstić information content (AvgIpc) is 2.37. The number of nitrogens with one attached hydrogen (secondary N) is 2. The molecule has 1 aromatic carbocycles. The molecule has 1 aromatic rings. The Morgan fingerprint density at radius 1 is 1.28 bits per heavy atom. The van der Waals surface area contributed by atoms with Crippen LogP contribution < -0.4 is 10.6 Å². The number of aliphatic hydroxyl groups is 2. The van der Waals surface area contributed by atoms with Gasteiger partial charge in [0.25, 0.3) is 0 Å². The van der Waals surface area contributed by atoms with Crippen molar-refractivity contribution in [2.75, 3.05) is 18.9 Å². The summed E-state index contributed by atoms with van der Waals surface area (Å²) in [6, 6.07) is 7.19. The zero-order valence-electron chi connectivity index (χ0n) is 10.7. The number of rotatable bonds is 6. The number of hydrogen-bond acceptors (Lipinski definition) is 4. The monoisotopic (exact) mass is 252 g/mol. The van der Waals surface area contributed by atoms with E-state index < -0.39 is 12.2 Å². The van der Waals surface area contributed by atoms with Gasteiger partial charge in [-0.05, 0) is 24.1 Å². The molecule has 0 aromatic heterocycles. The number of carbonyl (C=O) groups is 1. The Morgan fingerprint density at radius 2 is 1.89 bits per heavy atom. The molecule has 0 aliphatic rings. The van der Waals surface area contributed by atoms with Crippen LogP contribution in [0.1, 0.15) is 25.0 Å². The second kappa shape index (κ2) is 6.98. The van der Waals surface area contributed by atoms with Gasteiger partial charge in [-0.2, -0.15) is 0 Å². The first-order valence-electron chi connectivity index (χ1n) is 5.93. The molecule has 0 aliphatic heterocycles. The van der Waals surface area contributed by atoms with Gasteiger partial charge in [-0.3, -0.25) is 4.79 Å². The van der Waals surface area contributed by atoms with Crippen LogP contribution in [-0.4, -0.2) is 35.8 Å². The van der Waals surface area contributed by atoms with Gasteiger partial charge in [0.2, 0.25) is 5.91 Å². The molecule has 2 unspecified atom stereocenters. The van der Waals surface area contributed by atoms with Crippen molar-refractivity contribution >= 4 is 11.6 Å². The van der Waals surface area contributed by atoms with Crippen molar-refractivity contribution in [3.8, 4) is 0 Å². The van der Waals surface area contributed by atoms with Gasteiger partial charge in [-0.15, -0.1) is 0 Å². The lowest BCUT2D eigenvalue weighted by Gasteiger charge is -2.18. The second-order valence-electron chi connectivity index (χ2n) is 4.16. The molecule has 0 fully saturated rings. The van der Waals surface area contributed by atoms with E-state index in [4.69, 9.17) is 0 Å². The Labute approximate surface area is 107 Å². The van der Waals surface area contributed by atoms with Crippen LogP contribution in [0.25, 0.3) is 0 Å². The maximum absolute atomic E-state index is 10.7. The first-order chi connectivity index (χ1) is 8.54. The molecule has 5 nitrogen and oxygen atoms in total. The summed E-state index contributed by atoms with van der Waals surface area (Å²) < 4.78 is 0. The van der Waals surface area contributed by atoms with E-state index in [9.17, 15) is 15.0 Å². The SMILES string of the molecule is CNc1ccc(C(O)C(O)CCNC(C)=O)cc1. The van der Waals surface area contributed by atoms with E-state index in [-0.39, 0.29) is 5.91 Å². The second-order valence-corrected chi connectivity index (χ2v) is 4.16. The quantitative estimate of drug-likeness (QED) is 0.599. The fourth-order valence-electron chi connectivity index (χ4n) is 1.62. The Balaban J connectivity index is 2.51. The predicted molar refractivity (Wildman–Crippen MR) is 70.3 cm³/mol. The largest absolute Gasteiger partial charge is 0.390 e. The summed E-state index contributed by atoms with van der Waals surface area (Å²) in [4.78, 5) is 10.7. The zero-order valence-corrected chi connectivity index (χ0v) is 10.7. The third-order valence-electron chi connectivity index (χ3n) is 2.72. The van der Waals surface area contributed by atoms with Crippen LogP contribution >= 0.6 is 0 Å². The van der Waals surface area contributed by atoms with Gasteiger partial charge in [-0.1, -0.05) is 12.1 Å². The van der Waals surface area contributed by atoms with Gasteiger partial charge in [0, 0.05) is 26.2 Å². The maximum Gasteiger partial charge on any atom is 0.216 e. The van der Waals surface area contributed by atoms with Gasteiger partial charge in [0.05, 0.1) is 6.10 Å². The van der Waals surface area contributed by atoms with Crippen molar-refractivity contribution in [3.05, 3.63) is 29.8 Å². The van der Waals surface area contributed by atoms with E-state index in [0.717, 1.165) is 5.69 Å². The molecule has 0 saturated carbocycles. The van der Waals surface area contributed by atoms with Gasteiger partial charge < -0.3 is 20.8 Å². The van der Waals surface area contributed by atoms with Crippen LogP contribution in [0.5, 0.6) is 0 Å². The van der Waals surface area contributed by atoms with E-state index >= 15 is 0 Å². The summed E-state index contributed by atoms with van der Waals surface area (Å²) in [5.74, 6) is -0.143. The zero-order chi connectivity index (χ0) is 13.5. The summed E-state index contributed by atoms with van der Waals surface area (Å²) in [6.07, 6.45) is -1.52. The topological polar surface area (TPSA) is 81.6 Å². The van der Waals surface area contributed by atoms with E-state index in [1.165, 1.54) is 6.92 Å². The van der Waals surface area contributed by atoms with E-state index in [1.54, 1.807) is 12.1 Å². The minimum absolute atomic E-state index is 0.143. The molecular formula is C13H20N2O3. The Bertz CT molecular complexity index is 378. The standard InChI is InChI=1S/C13H20N2O3/c1-9(16)15-8-7-12(17)13(18)10-3-5-11(14-2)6-4-10/h3-6,12-14,17-18H,7-8H2,1-2H3,(H,15,16). The molecule has 5 heteroatoms. The van der Waals surface area contributed by atoms with E-state index in [2.05, 4.69) is 10.6 Å². The molecule has 0 heterocycles. The van der Waals surface area contributed by atoms with Crippen molar-refractivity contribution in [1.29, 1.82) is 0 Å². The third-order valence-corrected chi connectivity index (χ3v) is 2.72. The molecule has 0 bridgehead atoms. The predicted octanol–water partition coefficient (Wildman–Crippen LogP) is 0.649. The molecule has 18 heavy (non-hydrogen) atoms. The number of anilines is 1. The molecule has 0 aliphatic carbocycles. The highest BCUT2D eigenvalue weighted by Crippen LogP contribution is 2.20.